The van der Waals surface area contributed by atoms with Crippen molar-refractivity contribution in [2.24, 2.45) is 11.7 Å². The van der Waals surface area contributed by atoms with Gasteiger partial charge in [0.15, 0.2) is 0 Å². The number of hydrogen-bond acceptors (Lipinski definition) is 8. The monoisotopic (exact) mass is 376 g/mol. The molecular formula is C14H23ClN5O5-. The highest BCUT2D eigenvalue weighted by Gasteiger charge is 2.27. The largest absolute Gasteiger partial charge is 1.00 e. The summed E-state index contributed by atoms with van der Waals surface area (Å²) in [5.41, 5.74) is 5.61. The van der Waals surface area contributed by atoms with E-state index in [-0.39, 0.29) is 55.5 Å². The van der Waals surface area contributed by atoms with Gasteiger partial charge in [0.2, 0.25) is 17.7 Å². The third-order valence-electron chi connectivity index (χ3n) is 3.94. The van der Waals surface area contributed by atoms with E-state index in [1.165, 1.54) is 0 Å². The molecule has 10 nitrogen and oxygen atoms in total. The van der Waals surface area contributed by atoms with Crippen LogP contribution < -0.4 is 28.8 Å². The van der Waals surface area contributed by atoms with Crippen molar-refractivity contribution in [1.29, 1.82) is 0 Å². The molecule has 0 saturated carbocycles. The fraction of sp³-hybridized carbons (Fsp3) is 0.714. The number of amides is 1. The molecule has 2 rings (SSSR count). The third-order valence-corrected chi connectivity index (χ3v) is 3.94. The SMILES string of the molecule is NC(CO)c1nnc(C(CCC(=O)O)NC(=O)C2CCNCC2)o1.[Cl-]. The van der Waals surface area contributed by atoms with Crippen LogP contribution in [0.25, 0.3) is 0 Å². The number of aliphatic carboxylic acids is 1. The summed E-state index contributed by atoms with van der Waals surface area (Å²) >= 11 is 0. The van der Waals surface area contributed by atoms with E-state index in [4.69, 9.17) is 20.4 Å². The van der Waals surface area contributed by atoms with Crippen molar-refractivity contribution in [2.45, 2.75) is 37.8 Å². The molecule has 0 spiro atoms. The van der Waals surface area contributed by atoms with Crippen LogP contribution in [-0.4, -0.2) is 52.0 Å². The molecule has 1 aromatic rings. The van der Waals surface area contributed by atoms with Gasteiger partial charge in [-0.05, 0) is 32.4 Å². The van der Waals surface area contributed by atoms with Crippen molar-refractivity contribution in [3.8, 4) is 0 Å². The number of nitrogens with two attached hydrogens (primary N) is 1. The molecule has 1 fully saturated rings. The topological polar surface area (TPSA) is 164 Å². The quantitative estimate of drug-likeness (QED) is 0.305. The lowest BCUT2D eigenvalue weighted by Crippen LogP contribution is -3.00. The van der Waals surface area contributed by atoms with Crippen LogP contribution in [0.2, 0.25) is 0 Å². The Balaban J connectivity index is 0.00000312. The van der Waals surface area contributed by atoms with Crippen molar-refractivity contribution >= 4 is 11.9 Å². The van der Waals surface area contributed by atoms with Gasteiger partial charge in [-0.1, -0.05) is 0 Å². The van der Waals surface area contributed by atoms with Gasteiger partial charge in [0.1, 0.15) is 12.1 Å². The number of aliphatic hydroxyl groups is 1. The van der Waals surface area contributed by atoms with Crippen LogP contribution in [0.3, 0.4) is 0 Å². The Kier molecular flexibility index (Phi) is 8.76. The second-order valence-corrected chi connectivity index (χ2v) is 5.79. The minimum Gasteiger partial charge on any atom is -1.00 e. The van der Waals surface area contributed by atoms with E-state index in [0.29, 0.717) is 0 Å². The van der Waals surface area contributed by atoms with E-state index in [9.17, 15) is 9.59 Å². The van der Waals surface area contributed by atoms with Gasteiger partial charge in [0, 0.05) is 12.3 Å². The highest BCUT2D eigenvalue weighted by Crippen LogP contribution is 2.21. The minimum atomic E-state index is -0.983. The normalized spacial score (nSPS) is 17.4. The number of aliphatic hydroxyl groups excluding tert-OH is 1. The summed E-state index contributed by atoms with van der Waals surface area (Å²) in [7, 11) is 0. The third kappa shape index (κ3) is 6.24. The van der Waals surface area contributed by atoms with E-state index in [0.717, 1.165) is 25.9 Å². The molecule has 2 unspecified atom stereocenters. The van der Waals surface area contributed by atoms with Crippen LogP contribution in [0.5, 0.6) is 0 Å². The highest BCUT2D eigenvalue weighted by atomic mass is 35.5. The second-order valence-electron chi connectivity index (χ2n) is 5.79. The summed E-state index contributed by atoms with van der Waals surface area (Å²) in [4.78, 5) is 23.2. The van der Waals surface area contributed by atoms with Gasteiger partial charge in [-0.3, -0.25) is 9.59 Å². The van der Waals surface area contributed by atoms with Crippen molar-refractivity contribution in [2.75, 3.05) is 19.7 Å². The van der Waals surface area contributed by atoms with Crippen LogP contribution >= 0.6 is 0 Å². The number of nitrogens with zero attached hydrogens (tertiary/aromatic N) is 2. The Morgan fingerprint density at radius 3 is 2.56 bits per heavy atom. The van der Waals surface area contributed by atoms with E-state index in [1.807, 2.05) is 0 Å². The number of carbonyl (C=O) groups excluding carboxylic acids is 1. The summed E-state index contributed by atoms with van der Waals surface area (Å²) in [6.07, 6.45) is 1.42. The molecule has 2 atom stereocenters. The Morgan fingerprint density at radius 1 is 1.32 bits per heavy atom. The molecule has 1 saturated heterocycles. The lowest BCUT2D eigenvalue weighted by atomic mass is 9.96. The fourth-order valence-corrected chi connectivity index (χ4v) is 2.51. The molecule has 0 radical (unpaired) electrons. The predicted octanol–water partition coefficient (Wildman–Crippen LogP) is -3.91. The Morgan fingerprint density at radius 2 is 1.96 bits per heavy atom. The van der Waals surface area contributed by atoms with Gasteiger partial charge in [-0.2, -0.15) is 0 Å². The van der Waals surface area contributed by atoms with E-state index >= 15 is 0 Å². The van der Waals surface area contributed by atoms with E-state index in [2.05, 4.69) is 20.8 Å². The maximum atomic E-state index is 12.4. The zero-order chi connectivity index (χ0) is 17.5. The summed E-state index contributed by atoms with van der Waals surface area (Å²) in [5, 5.41) is 31.5. The van der Waals surface area contributed by atoms with Crippen molar-refractivity contribution in [3.05, 3.63) is 11.8 Å². The van der Waals surface area contributed by atoms with Crippen LogP contribution in [-0.2, 0) is 9.59 Å². The van der Waals surface area contributed by atoms with E-state index in [1.54, 1.807) is 0 Å². The Hall–Kier alpha value is -1.75. The number of carboxylic acid groups (broad SMARTS) is 1. The molecule has 6 N–H and O–H groups in total. The molecule has 1 amide bonds. The highest BCUT2D eigenvalue weighted by molar-refractivity contribution is 5.79. The van der Waals surface area contributed by atoms with Crippen molar-refractivity contribution in [1.82, 2.24) is 20.8 Å². The summed E-state index contributed by atoms with van der Waals surface area (Å²) in [5.74, 6) is -1.12. The molecule has 1 aliphatic heterocycles. The van der Waals surface area contributed by atoms with Gasteiger partial charge < -0.3 is 43.4 Å². The maximum absolute atomic E-state index is 12.4. The molecule has 25 heavy (non-hydrogen) atoms. The zero-order valence-electron chi connectivity index (χ0n) is 13.7. The molecule has 0 aliphatic carbocycles. The molecule has 1 aliphatic rings. The molecule has 11 heteroatoms. The number of hydrogen-bond donors (Lipinski definition) is 5. The van der Waals surface area contributed by atoms with Crippen LogP contribution in [0.15, 0.2) is 4.42 Å². The summed E-state index contributed by atoms with van der Waals surface area (Å²) < 4.78 is 5.39. The summed E-state index contributed by atoms with van der Waals surface area (Å²) in [6.45, 7) is 1.19. The second kappa shape index (κ2) is 10.3. The number of carboxylic acids is 1. The van der Waals surface area contributed by atoms with Crippen LogP contribution in [0.1, 0.15) is 49.5 Å². The van der Waals surface area contributed by atoms with Gasteiger partial charge in [-0.25, -0.2) is 0 Å². The average molecular weight is 377 g/mol. The standard InChI is InChI=1S/C14H23N5O5.ClH/c15-9(7-20)13-18-19-14(24-13)10(1-2-11(21)22)17-12(23)8-3-5-16-6-4-8;/h8-10,16,20H,1-7,15H2,(H,17,23)(H,21,22);1H/p-1. The molecule has 1 aromatic heterocycles. The lowest BCUT2D eigenvalue weighted by Gasteiger charge is -2.24. The Labute approximate surface area is 151 Å². The fourth-order valence-electron chi connectivity index (χ4n) is 2.51. The first-order valence-corrected chi connectivity index (χ1v) is 7.94. The van der Waals surface area contributed by atoms with Crippen molar-refractivity contribution < 1.29 is 36.6 Å². The molecule has 0 bridgehead atoms. The molecule has 0 aromatic carbocycles. The number of halogens is 1. The maximum Gasteiger partial charge on any atom is 0.303 e. The lowest BCUT2D eigenvalue weighted by molar-refractivity contribution is -0.137. The number of carbonyl (C=O) groups is 2. The molecular weight excluding hydrogens is 354 g/mol. The first-order chi connectivity index (χ1) is 11.5. The van der Waals surface area contributed by atoms with Gasteiger partial charge >= 0.3 is 5.97 Å². The van der Waals surface area contributed by atoms with E-state index < -0.39 is 18.1 Å². The average Bonchev–Trinajstić information content (AvgIpc) is 3.08. The number of aromatic nitrogens is 2. The summed E-state index contributed by atoms with van der Waals surface area (Å²) in [6, 6.07) is -1.51. The first-order valence-electron chi connectivity index (χ1n) is 7.94. The zero-order valence-corrected chi connectivity index (χ0v) is 14.4. The number of rotatable bonds is 8. The number of nitrogens with one attached hydrogen (secondary N) is 2. The van der Waals surface area contributed by atoms with Crippen LogP contribution in [0.4, 0.5) is 0 Å². The number of piperidine rings is 1. The Bertz CT molecular complexity index is 564. The van der Waals surface area contributed by atoms with Crippen LogP contribution in [0, 0.1) is 5.92 Å². The smallest absolute Gasteiger partial charge is 0.303 e. The predicted molar refractivity (Wildman–Crippen MR) is 81.7 cm³/mol. The van der Waals surface area contributed by atoms with Gasteiger partial charge in [-0.15, -0.1) is 10.2 Å². The molecule has 2 heterocycles. The van der Waals surface area contributed by atoms with Crippen molar-refractivity contribution in [3.63, 3.8) is 0 Å². The van der Waals surface area contributed by atoms with Gasteiger partial charge in [0.05, 0.1) is 6.61 Å². The first kappa shape index (κ1) is 21.3. The molecule has 142 valence electrons. The minimum absolute atomic E-state index is 0. The van der Waals surface area contributed by atoms with Gasteiger partial charge in [0.25, 0.3) is 0 Å².